The van der Waals surface area contributed by atoms with Crippen molar-refractivity contribution in [3.63, 3.8) is 0 Å². The zero-order valence-corrected chi connectivity index (χ0v) is 7.32. The topological polar surface area (TPSA) is 29.1 Å². The lowest BCUT2D eigenvalue weighted by Gasteiger charge is -2.31. The molecule has 0 aromatic carbocycles. The molecule has 2 unspecified atom stereocenters. The lowest BCUT2D eigenvalue weighted by molar-refractivity contribution is -0.197. The van der Waals surface area contributed by atoms with E-state index >= 15 is 0 Å². The quantitative estimate of drug-likeness (QED) is 0.678. The summed E-state index contributed by atoms with van der Waals surface area (Å²) >= 11 is 0. The molecular formula is C8H12F3NO. The van der Waals surface area contributed by atoms with E-state index in [4.69, 9.17) is 0 Å². The molecule has 5 heteroatoms. The van der Waals surface area contributed by atoms with Gasteiger partial charge in [-0.1, -0.05) is 6.92 Å². The van der Waals surface area contributed by atoms with Crippen LogP contribution in [-0.4, -0.2) is 18.6 Å². The molecule has 2 atom stereocenters. The number of amides is 1. The second-order valence-corrected chi connectivity index (χ2v) is 3.24. The van der Waals surface area contributed by atoms with E-state index in [-0.39, 0.29) is 19.4 Å². The Balaban J connectivity index is 2.76. The summed E-state index contributed by atoms with van der Waals surface area (Å²) in [6, 6.07) is 0. The molecule has 1 amide bonds. The number of carbonyl (C=O) groups is 1. The molecule has 0 aromatic heterocycles. The maximum absolute atomic E-state index is 12.4. The van der Waals surface area contributed by atoms with Crippen LogP contribution in [0.4, 0.5) is 13.2 Å². The highest BCUT2D eigenvalue weighted by Gasteiger charge is 2.47. The van der Waals surface area contributed by atoms with Crippen LogP contribution in [0.25, 0.3) is 0 Å². The van der Waals surface area contributed by atoms with Gasteiger partial charge in [-0.25, -0.2) is 0 Å². The summed E-state index contributed by atoms with van der Waals surface area (Å²) in [7, 11) is 0. The summed E-state index contributed by atoms with van der Waals surface area (Å²) in [6.07, 6.45) is -3.98. The Kier molecular flexibility index (Phi) is 2.83. The van der Waals surface area contributed by atoms with Gasteiger partial charge in [-0.2, -0.15) is 13.2 Å². The Morgan fingerprint density at radius 1 is 1.54 bits per heavy atom. The number of nitrogens with one attached hydrogen (secondary N) is 1. The first kappa shape index (κ1) is 10.3. The van der Waals surface area contributed by atoms with Gasteiger partial charge in [0.15, 0.2) is 0 Å². The van der Waals surface area contributed by atoms with E-state index in [0.29, 0.717) is 0 Å². The molecule has 1 aliphatic rings. The van der Waals surface area contributed by atoms with Crippen molar-refractivity contribution in [3.05, 3.63) is 0 Å². The molecule has 1 N–H and O–H groups in total. The van der Waals surface area contributed by atoms with E-state index in [1.165, 1.54) is 0 Å². The van der Waals surface area contributed by atoms with Gasteiger partial charge in [0, 0.05) is 12.5 Å². The lowest BCUT2D eigenvalue weighted by Crippen LogP contribution is -2.47. The third-order valence-electron chi connectivity index (χ3n) is 2.44. The zero-order valence-electron chi connectivity index (χ0n) is 7.32. The summed E-state index contributed by atoms with van der Waals surface area (Å²) < 4.78 is 37.1. The van der Waals surface area contributed by atoms with Gasteiger partial charge in [-0.05, 0) is 12.8 Å². The second-order valence-electron chi connectivity index (χ2n) is 3.24. The molecule has 1 fully saturated rings. The summed E-state index contributed by atoms with van der Waals surface area (Å²) in [5.74, 6) is -2.81. The van der Waals surface area contributed by atoms with Gasteiger partial charge in [-0.3, -0.25) is 4.79 Å². The zero-order chi connectivity index (χ0) is 10.1. The summed E-state index contributed by atoms with van der Waals surface area (Å²) in [5.41, 5.74) is 0. The largest absolute Gasteiger partial charge is 0.392 e. The molecule has 0 aliphatic carbocycles. The summed E-state index contributed by atoms with van der Waals surface area (Å²) in [5, 5.41) is 2.45. The van der Waals surface area contributed by atoms with Crippen LogP contribution < -0.4 is 5.32 Å². The van der Waals surface area contributed by atoms with Gasteiger partial charge in [-0.15, -0.1) is 0 Å². The molecule has 1 heterocycles. The predicted octanol–water partition coefficient (Wildman–Crippen LogP) is 1.71. The first-order valence-corrected chi connectivity index (χ1v) is 4.31. The Morgan fingerprint density at radius 3 is 2.54 bits per heavy atom. The molecule has 0 aromatic rings. The molecule has 0 saturated carbocycles. The van der Waals surface area contributed by atoms with Gasteiger partial charge in [0.1, 0.15) is 0 Å². The molecule has 76 valence electrons. The Morgan fingerprint density at radius 2 is 2.15 bits per heavy atom. The van der Waals surface area contributed by atoms with Gasteiger partial charge in [0.05, 0.1) is 5.92 Å². The highest BCUT2D eigenvalue weighted by molar-refractivity contribution is 5.79. The van der Waals surface area contributed by atoms with E-state index in [2.05, 4.69) is 5.32 Å². The Hall–Kier alpha value is -0.740. The normalized spacial score (nSPS) is 30.0. The summed E-state index contributed by atoms with van der Waals surface area (Å²) in [6.45, 7) is 1.74. The van der Waals surface area contributed by atoms with Crippen LogP contribution in [0.3, 0.4) is 0 Å². The van der Waals surface area contributed by atoms with Crippen molar-refractivity contribution in [2.45, 2.75) is 25.9 Å². The molecule has 0 radical (unpaired) electrons. The fourth-order valence-electron chi connectivity index (χ4n) is 1.73. The van der Waals surface area contributed by atoms with E-state index in [1.807, 2.05) is 0 Å². The van der Waals surface area contributed by atoms with E-state index in [1.54, 1.807) is 6.92 Å². The average molecular weight is 195 g/mol. The molecular weight excluding hydrogens is 183 g/mol. The third-order valence-corrected chi connectivity index (χ3v) is 2.44. The molecule has 13 heavy (non-hydrogen) atoms. The maximum atomic E-state index is 12.4. The SMILES string of the molecule is CCC1C(=O)NCCC1C(F)(F)F. The van der Waals surface area contributed by atoms with Crippen LogP contribution in [0.1, 0.15) is 19.8 Å². The van der Waals surface area contributed by atoms with Crippen LogP contribution in [-0.2, 0) is 4.79 Å². The van der Waals surface area contributed by atoms with E-state index in [9.17, 15) is 18.0 Å². The van der Waals surface area contributed by atoms with Crippen LogP contribution >= 0.6 is 0 Å². The Labute approximate surface area is 74.5 Å². The number of carbonyl (C=O) groups excluding carboxylic acids is 1. The highest BCUT2D eigenvalue weighted by atomic mass is 19.4. The van der Waals surface area contributed by atoms with E-state index in [0.717, 1.165) is 0 Å². The van der Waals surface area contributed by atoms with Crippen molar-refractivity contribution in [2.75, 3.05) is 6.54 Å². The number of alkyl halides is 3. The molecule has 0 bridgehead atoms. The fraction of sp³-hybridized carbons (Fsp3) is 0.875. The minimum absolute atomic E-state index is 0.00769. The molecule has 0 spiro atoms. The second kappa shape index (κ2) is 3.55. The van der Waals surface area contributed by atoms with Crippen molar-refractivity contribution in [2.24, 2.45) is 11.8 Å². The van der Waals surface area contributed by atoms with Crippen molar-refractivity contribution < 1.29 is 18.0 Å². The maximum Gasteiger partial charge on any atom is 0.392 e. The first-order valence-electron chi connectivity index (χ1n) is 4.31. The smallest absolute Gasteiger partial charge is 0.356 e. The standard InChI is InChI=1S/C8H12F3NO/c1-2-5-6(8(9,10)11)3-4-12-7(5)13/h5-6H,2-4H2,1H3,(H,12,13). The van der Waals surface area contributed by atoms with Crippen LogP contribution in [0.2, 0.25) is 0 Å². The first-order chi connectivity index (χ1) is 5.96. The minimum Gasteiger partial charge on any atom is -0.356 e. The highest BCUT2D eigenvalue weighted by Crippen LogP contribution is 2.37. The van der Waals surface area contributed by atoms with E-state index < -0.39 is 23.9 Å². The van der Waals surface area contributed by atoms with Crippen LogP contribution in [0, 0.1) is 11.8 Å². The monoisotopic (exact) mass is 195 g/mol. The van der Waals surface area contributed by atoms with Crippen molar-refractivity contribution in [1.29, 1.82) is 0 Å². The predicted molar refractivity (Wildman–Crippen MR) is 41.0 cm³/mol. The van der Waals surface area contributed by atoms with Crippen molar-refractivity contribution in [1.82, 2.24) is 5.32 Å². The number of hydrogen-bond donors (Lipinski definition) is 1. The number of halogens is 3. The average Bonchev–Trinajstić information content (AvgIpc) is 2.02. The fourth-order valence-corrected chi connectivity index (χ4v) is 1.73. The molecule has 1 aliphatic heterocycles. The lowest BCUT2D eigenvalue weighted by atomic mass is 9.83. The molecule has 1 rings (SSSR count). The Bertz CT molecular complexity index is 202. The van der Waals surface area contributed by atoms with Crippen molar-refractivity contribution >= 4 is 5.91 Å². The third kappa shape index (κ3) is 2.14. The van der Waals surface area contributed by atoms with Gasteiger partial charge in [0.2, 0.25) is 5.91 Å². The number of piperidine rings is 1. The van der Waals surface area contributed by atoms with Gasteiger partial charge >= 0.3 is 6.18 Å². The molecule has 1 saturated heterocycles. The molecule has 2 nitrogen and oxygen atoms in total. The van der Waals surface area contributed by atoms with Crippen LogP contribution in [0.5, 0.6) is 0 Å². The number of hydrogen-bond acceptors (Lipinski definition) is 1. The van der Waals surface area contributed by atoms with Crippen LogP contribution in [0.15, 0.2) is 0 Å². The summed E-state index contributed by atoms with van der Waals surface area (Å²) in [4.78, 5) is 11.1. The van der Waals surface area contributed by atoms with Crippen molar-refractivity contribution in [3.8, 4) is 0 Å². The van der Waals surface area contributed by atoms with Gasteiger partial charge in [0.25, 0.3) is 0 Å². The minimum atomic E-state index is -4.24. The van der Waals surface area contributed by atoms with Gasteiger partial charge < -0.3 is 5.32 Å². The number of rotatable bonds is 1.